The standard InChI is InChI=1S/C14H12ClN3O2/c1-16-13(19)10-4-2-3-5-11(10)18-14(20)12-8-9(15)6-7-17-12/h2-8H,1H3,(H,16,19)(H,18,20). The smallest absolute Gasteiger partial charge is 0.274 e. The second kappa shape index (κ2) is 6.16. The third-order valence-electron chi connectivity index (χ3n) is 2.60. The van der Waals surface area contributed by atoms with Gasteiger partial charge in [0.2, 0.25) is 0 Å². The minimum absolute atomic E-state index is 0.184. The third-order valence-corrected chi connectivity index (χ3v) is 2.84. The molecule has 0 aliphatic rings. The zero-order valence-electron chi connectivity index (χ0n) is 10.7. The second-order valence-electron chi connectivity index (χ2n) is 3.94. The van der Waals surface area contributed by atoms with E-state index in [0.29, 0.717) is 16.3 Å². The number of benzene rings is 1. The minimum Gasteiger partial charge on any atom is -0.355 e. The molecule has 0 saturated carbocycles. The Morgan fingerprint density at radius 3 is 2.60 bits per heavy atom. The van der Waals surface area contributed by atoms with Crippen molar-refractivity contribution >= 4 is 29.1 Å². The number of hydrogen-bond acceptors (Lipinski definition) is 3. The monoisotopic (exact) mass is 289 g/mol. The number of amides is 2. The van der Waals surface area contributed by atoms with Crippen LogP contribution in [0.15, 0.2) is 42.6 Å². The van der Waals surface area contributed by atoms with Gasteiger partial charge in [-0.05, 0) is 24.3 Å². The fourth-order valence-electron chi connectivity index (χ4n) is 1.64. The summed E-state index contributed by atoms with van der Waals surface area (Å²) in [5.41, 5.74) is 0.980. The highest BCUT2D eigenvalue weighted by molar-refractivity contribution is 6.31. The molecule has 5 nitrogen and oxygen atoms in total. The normalized spacial score (nSPS) is 9.90. The Kier molecular flexibility index (Phi) is 4.32. The van der Waals surface area contributed by atoms with E-state index in [1.165, 1.54) is 19.3 Å². The maximum Gasteiger partial charge on any atom is 0.274 e. The Bertz CT molecular complexity index is 658. The van der Waals surface area contributed by atoms with E-state index in [1.807, 2.05) is 0 Å². The quantitative estimate of drug-likeness (QED) is 0.911. The van der Waals surface area contributed by atoms with Crippen LogP contribution in [0.4, 0.5) is 5.69 Å². The van der Waals surface area contributed by atoms with Crippen LogP contribution in [0.25, 0.3) is 0 Å². The first kappa shape index (κ1) is 14.0. The number of carbonyl (C=O) groups excluding carboxylic acids is 2. The Balaban J connectivity index is 2.26. The number of rotatable bonds is 3. The van der Waals surface area contributed by atoms with Crippen LogP contribution in [0.2, 0.25) is 5.02 Å². The summed E-state index contributed by atoms with van der Waals surface area (Å²) < 4.78 is 0. The molecule has 0 fully saturated rings. The molecule has 102 valence electrons. The van der Waals surface area contributed by atoms with E-state index in [0.717, 1.165) is 0 Å². The molecule has 0 radical (unpaired) electrons. The Labute approximate surface area is 121 Å². The van der Waals surface area contributed by atoms with Gasteiger partial charge in [-0.1, -0.05) is 23.7 Å². The summed E-state index contributed by atoms with van der Waals surface area (Å²) in [5.74, 6) is -0.705. The summed E-state index contributed by atoms with van der Waals surface area (Å²) in [6.45, 7) is 0. The molecule has 0 unspecified atom stereocenters. The Morgan fingerprint density at radius 1 is 1.15 bits per heavy atom. The summed E-state index contributed by atoms with van der Waals surface area (Å²) in [5, 5.41) is 5.59. The molecule has 0 saturated heterocycles. The van der Waals surface area contributed by atoms with Crippen LogP contribution in [0.5, 0.6) is 0 Å². The van der Waals surface area contributed by atoms with Crippen molar-refractivity contribution in [2.24, 2.45) is 0 Å². The van der Waals surface area contributed by atoms with Crippen molar-refractivity contribution in [3.63, 3.8) is 0 Å². The lowest BCUT2D eigenvalue weighted by molar-refractivity contribution is 0.0964. The first-order chi connectivity index (χ1) is 9.61. The highest BCUT2D eigenvalue weighted by Gasteiger charge is 2.13. The average molecular weight is 290 g/mol. The molecule has 6 heteroatoms. The van der Waals surface area contributed by atoms with E-state index < -0.39 is 5.91 Å². The highest BCUT2D eigenvalue weighted by atomic mass is 35.5. The first-order valence-corrected chi connectivity index (χ1v) is 6.23. The molecular formula is C14H12ClN3O2. The highest BCUT2D eigenvalue weighted by Crippen LogP contribution is 2.16. The van der Waals surface area contributed by atoms with Gasteiger partial charge in [0.25, 0.3) is 11.8 Å². The first-order valence-electron chi connectivity index (χ1n) is 5.86. The van der Waals surface area contributed by atoms with Gasteiger partial charge in [-0.2, -0.15) is 0 Å². The maximum atomic E-state index is 12.1. The van der Waals surface area contributed by atoms with E-state index in [4.69, 9.17) is 11.6 Å². The average Bonchev–Trinajstić information content (AvgIpc) is 2.47. The summed E-state index contributed by atoms with van der Waals surface area (Å²) in [7, 11) is 1.53. The van der Waals surface area contributed by atoms with Crippen molar-refractivity contribution in [1.29, 1.82) is 0 Å². The van der Waals surface area contributed by atoms with Crippen molar-refractivity contribution in [2.45, 2.75) is 0 Å². The number of carbonyl (C=O) groups is 2. The van der Waals surface area contributed by atoms with Crippen LogP contribution in [0, 0.1) is 0 Å². The van der Waals surface area contributed by atoms with Crippen molar-refractivity contribution < 1.29 is 9.59 Å². The van der Waals surface area contributed by atoms with Gasteiger partial charge in [0.15, 0.2) is 0 Å². The number of nitrogens with zero attached hydrogens (tertiary/aromatic N) is 1. The molecule has 1 aromatic carbocycles. The molecule has 1 aromatic heterocycles. The number of aromatic nitrogens is 1. The SMILES string of the molecule is CNC(=O)c1ccccc1NC(=O)c1cc(Cl)ccn1. The predicted molar refractivity (Wildman–Crippen MR) is 77.0 cm³/mol. The molecule has 20 heavy (non-hydrogen) atoms. The molecule has 2 aromatic rings. The fraction of sp³-hybridized carbons (Fsp3) is 0.0714. The molecular weight excluding hydrogens is 278 g/mol. The molecule has 1 heterocycles. The van der Waals surface area contributed by atoms with Crippen LogP contribution in [0.3, 0.4) is 0 Å². The number of para-hydroxylation sites is 1. The zero-order chi connectivity index (χ0) is 14.5. The van der Waals surface area contributed by atoms with Gasteiger partial charge in [0, 0.05) is 18.3 Å². The minimum atomic E-state index is -0.427. The Hall–Kier alpha value is -2.40. The van der Waals surface area contributed by atoms with E-state index in [9.17, 15) is 9.59 Å². The molecule has 0 spiro atoms. The number of halogens is 1. The van der Waals surface area contributed by atoms with Gasteiger partial charge in [-0.3, -0.25) is 14.6 Å². The van der Waals surface area contributed by atoms with Crippen LogP contribution < -0.4 is 10.6 Å². The lowest BCUT2D eigenvalue weighted by atomic mass is 10.1. The molecule has 2 rings (SSSR count). The topological polar surface area (TPSA) is 71.1 Å². The van der Waals surface area contributed by atoms with Gasteiger partial charge >= 0.3 is 0 Å². The molecule has 0 bridgehead atoms. The van der Waals surface area contributed by atoms with Gasteiger partial charge in [0.1, 0.15) is 5.69 Å². The molecule has 0 atom stereocenters. The fourth-order valence-corrected chi connectivity index (χ4v) is 1.80. The Morgan fingerprint density at radius 2 is 1.90 bits per heavy atom. The lowest BCUT2D eigenvalue weighted by Crippen LogP contribution is -2.21. The van der Waals surface area contributed by atoms with Crippen LogP contribution in [0.1, 0.15) is 20.8 Å². The number of anilines is 1. The van der Waals surface area contributed by atoms with Crippen LogP contribution in [-0.4, -0.2) is 23.8 Å². The summed E-state index contributed by atoms with van der Waals surface area (Å²) >= 11 is 5.81. The van der Waals surface area contributed by atoms with Crippen molar-refractivity contribution in [1.82, 2.24) is 10.3 Å². The van der Waals surface area contributed by atoms with E-state index in [2.05, 4.69) is 15.6 Å². The summed E-state index contributed by atoms with van der Waals surface area (Å²) in [6.07, 6.45) is 1.45. The number of pyridine rings is 1. The van der Waals surface area contributed by atoms with Gasteiger partial charge in [0.05, 0.1) is 11.3 Å². The van der Waals surface area contributed by atoms with Gasteiger partial charge in [-0.25, -0.2) is 0 Å². The molecule has 0 aliphatic carbocycles. The third kappa shape index (κ3) is 3.13. The molecule has 2 N–H and O–H groups in total. The lowest BCUT2D eigenvalue weighted by Gasteiger charge is -2.09. The number of nitrogens with one attached hydrogen (secondary N) is 2. The van der Waals surface area contributed by atoms with Crippen molar-refractivity contribution in [3.05, 3.63) is 58.9 Å². The summed E-state index contributed by atoms with van der Waals surface area (Å²) in [6, 6.07) is 9.76. The predicted octanol–water partition coefficient (Wildman–Crippen LogP) is 2.35. The largest absolute Gasteiger partial charge is 0.355 e. The second-order valence-corrected chi connectivity index (χ2v) is 4.37. The molecule has 2 amide bonds. The van der Waals surface area contributed by atoms with Crippen LogP contribution in [-0.2, 0) is 0 Å². The van der Waals surface area contributed by atoms with Crippen molar-refractivity contribution in [3.8, 4) is 0 Å². The zero-order valence-corrected chi connectivity index (χ0v) is 11.4. The van der Waals surface area contributed by atoms with E-state index >= 15 is 0 Å². The maximum absolute atomic E-state index is 12.1. The van der Waals surface area contributed by atoms with Crippen LogP contribution >= 0.6 is 11.6 Å². The van der Waals surface area contributed by atoms with Crippen molar-refractivity contribution in [2.75, 3.05) is 12.4 Å². The van der Waals surface area contributed by atoms with Gasteiger partial charge < -0.3 is 10.6 Å². The number of hydrogen-bond donors (Lipinski definition) is 2. The summed E-state index contributed by atoms with van der Waals surface area (Å²) in [4.78, 5) is 27.7. The molecule has 0 aliphatic heterocycles. The van der Waals surface area contributed by atoms with E-state index in [1.54, 1.807) is 30.3 Å². The van der Waals surface area contributed by atoms with E-state index in [-0.39, 0.29) is 11.6 Å². The van der Waals surface area contributed by atoms with Gasteiger partial charge in [-0.15, -0.1) is 0 Å².